The summed E-state index contributed by atoms with van der Waals surface area (Å²) >= 11 is 5.55. The average molecular weight is 208 g/mol. The van der Waals surface area contributed by atoms with Crippen molar-refractivity contribution in [2.45, 2.75) is 32.1 Å². The van der Waals surface area contributed by atoms with E-state index < -0.39 is 5.38 Å². The normalized spacial score (nSPS) is 12.5. The Hall–Kier alpha value is -0.280. The second-order valence-electron chi connectivity index (χ2n) is 2.87. The number of nitrogens with one attached hydrogen (secondary N) is 1. The predicted molar refractivity (Wildman–Crippen MR) is 54.1 cm³/mol. The summed E-state index contributed by atoms with van der Waals surface area (Å²) in [5, 5.41) is 2.26. The van der Waals surface area contributed by atoms with E-state index in [1.165, 1.54) is 0 Å². The van der Waals surface area contributed by atoms with E-state index in [2.05, 4.69) is 12.2 Å². The fourth-order valence-corrected chi connectivity index (χ4v) is 0.850. The molecule has 0 radical (unpaired) electrons. The number of carbonyl (C=O) groups is 1. The second kappa shape index (κ2) is 8.32. The van der Waals surface area contributed by atoms with Crippen molar-refractivity contribution in [1.82, 2.24) is 5.32 Å². The minimum Gasteiger partial charge on any atom is -0.381 e. The highest BCUT2D eigenvalue weighted by Crippen LogP contribution is 1.92. The molecule has 1 unspecified atom stereocenters. The molecule has 0 aromatic heterocycles. The third-order valence-corrected chi connectivity index (χ3v) is 1.67. The maximum atomic E-state index is 10.9. The molecular weight excluding hydrogens is 190 g/mol. The van der Waals surface area contributed by atoms with Gasteiger partial charge >= 0.3 is 0 Å². The highest BCUT2D eigenvalue weighted by molar-refractivity contribution is 6.30. The molecule has 1 amide bonds. The smallest absolute Gasteiger partial charge is 0.237 e. The fraction of sp³-hybridized carbons (Fsp3) is 0.889. The number of carbonyl (C=O) groups excluding carboxylic acids is 1. The minimum absolute atomic E-state index is 0.114. The molecule has 3 nitrogen and oxygen atoms in total. The minimum atomic E-state index is -0.448. The second-order valence-corrected chi connectivity index (χ2v) is 3.53. The zero-order valence-corrected chi connectivity index (χ0v) is 9.06. The van der Waals surface area contributed by atoms with Gasteiger partial charge in [0.15, 0.2) is 0 Å². The molecule has 0 aromatic carbocycles. The van der Waals surface area contributed by atoms with E-state index >= 15 is 0 Å². The molecule has 4 heteroatoms. The van der Waals surface area contributed by atoms with E-state index in [0.29, 0.717) is 13.2 Å². The van der Waals surface area contributed by atoms with E-state index in [1.54, 1.807) is 6.92 Å². The summed E-state index contributed by atoms with van der Waals surface area (Å²) in [4.78, 5) is 10.9. The van der Waals surface area contributed by atoms with Gasteiger partial charge in [-0.15, -0.1) is 11.6 Å². The van der Waals surface area contributed by atoms with Crippen LogP contribution in [0.2, 0.25) is 0 Å². The monoisotopic (exact) mass is 207 g/mol. The highest BCUT2D eigenvalue weighted by atomic mass is 35.5. The van der Waals surface area contributed by atoms with E-state index in [-0.39, 0.29) is 5.91 Å². The third kappa shape index (κ3) is 8.06. The van der Waals surface area contributed by atoms with Gasteiger partial charge in [0, 0.05) is 19.8 Å². The first-order valence-corrected chi connectivity index (χ1v) is 5.11. The van der Waals surface area contributed by atoms with Crippen molar-refractivity contribution in [1.29, 1.82) is 0 Å². The molecule has 0 aromatic rings. The first kappa shape index (κ1) is 12.7. The molecule has 0 aliphatic carbocycles. The summed E-state index contributed by atoms with van der Waals surface area (Å²) in [6, 6.07) is 0. The lowest BCUT2D eigenvalue weighted by atomic mass is 10.4. The Morgan fingerprint density at radius 3 is 2.77 bits per heavy atom. The van der Waals surface area contributed by atoms with Crippen molar-refractivity contribution in [3.8, 4) is 0 Å². The van der Waals surface area contributed by atoms with Gasteiger partial charge in [-0.05, 0) is 19.8 Å². The van der Waals surface area contributed by atoms with Crippen molar-refractivity contribution < 1.29 is 9.53 Å². The number of alkyl halides is 1. The lowest BCUT2D eigenvalue weighted by Gasteiger charge is -2.06. The lowest BCUT2D eigenvalue weighted by molar-refractivity contribution is -0.120. The van der Waals surface area contributed by atoms with Crippen LogP contribution in [-0.2, 0) is 9.53 Å². The average Bonchev–Trinajstić information content (AvgIpc) is 2.10. The number of rotatable bonds is 7. The van der Waals surface area contributed by atoms with Crippen LogP contribution < -0.4 is 5.32 Å². The van der Waals surface area contributed by atoms with Crippen molar-refractivity contribution >= 4 is 17.5 Å². The van der Waals surface area contributed by atoms with Crippen LogP contribution in [0.15, 0.2) is 0 Å². The van der Waals surface area contributed by atoms with Gasteiger partial charge in [-0.2, -0.15) is 0 Å². The van der Waals surface area contributed by atoms with Crippen LogP contribution >= 0.6 is 11.6 Å². The largest absolute Gasteiger partial charge is 0.381 e. The zero-order chi connectivity index (χ0) is 10.1. The summed E-state index contributed by atoms with van der Waals surface area (Å²) < 4.78 is 5.24. The van der Waals surface area contributed by atoms with Crippen LogP contribution in [0, 0.1) is 0 Å². The molecule has 0 aliphatic heterocycles. The molecule has 0 saturated carbocycles. The molecule has 78 valence electrons. The molecule has 0 saturated heterocycles. The standard InChI is InChI=1S/C9H18ClNO2/c1-3-6-13-7-4-5-11-9(12)8(2)10/h8H,3-7H2,1-2H3,(H,11,12). The molecule has 0 fully saturated rings. The Bertz CT molecular complexity index is 140. The molecule has 0 heterocycles. The van der Waals surface area contributed by atoms with Crippen LogP contribution in [0.4, 0.5) is 0 Å². The van der Waals surface area contributed by atoms with Gasteiger partial charge in [-0.3, -0.25) is 4.79 Å². The molecule has 13 heavy (non-hydrogen) atoms. The molecule has 0 spiro atoms. The fourth-order valence-electron chi connectivity index (χ4n) is 0.773. The Kier molecular flexibility index (Phi) is 8.14. The number of halogens is 1. The van der Waals surface area contributed by atoms with E-state index in [4.69, 9.17) is 16.3 Å². The van der Waals surface area contributed by atoms with Crippen LogP contribution in [0.25, 0.3) is 0 Å². The molecule has 1 atom stereocenters. The van der Waals surface area contributed by atoms with E-state index in [9.17, 15) is 4.79 Å². The van der Waals surface area contributed by atoms with Gasteiger partial charge in [-0.25, -0.2) is 0 Å². The first-order chi connectivity index (χ1) is 6.18. The van der Waals surface area contributed by atoms with Gasteiger partial charge in [0.05, 0.1) is 0 Å². The summed E-state index contributed by atoms with van der Waals surface area (Å²) in [7, 11) is 0. The Labute approximate surface area is 84.8 Å². The van der Waals surface area contributed by atoms with Gasteiger partial charge < -0.3 is 10.1 Å². The third-order valence-electron chi connectivity index (χ3n) is 1.47. The maximum Gasteiger partial charge on any atom is 0.237 e. The summed E-state index contributed by atoms with van der Waals surface area (Å²) in [5.41, 5.74) is 0. The SMILES string of the molecule is CCCOCCCNC(=O)C(C)Cl. The topological polar surface area (TPSA) is 38.3 Å². The van der Waals surface area contributed by atoms with Crippen molar-refractivity contribution in [3.63, 3.8) is 0 Å². The summed E-state index contributed by atoms with van der Waals surface area (Å²) in [6.07, 6.45) is 1.88. The Balaban J connectivity index is 3.12. The van der Waals surface area contributed by atoms with Gasteiger partial charge in [-0.1, -0.05) is 6.92 Å². The Morgan fingerprint density at radius 2 is 2.23 bits per heavy atom. The number of amides is 1. The van der Waals surface area contributed by atoms with Crippen molar-refractivity contribution in [3.05, 3.63) is 0 Å². The van der Waals surface area contributed by atoms with Crippen molar-refractivity contribution in [2.75, 3.05) is 19.8 Å². The number of hydrogen-bond donors (Lipinski definition) is 1. The predicted octanol–water partition coefficient (Wildman–Crippen LogP) is 1.55. The molecular formula is C9H18ClNO2. The van der Waals surface area contributed by atoms with Crippen LogP contribution in [0.1, 0.15) is 26.7 Å². The Morgan fingerprint density at radius 1 is 1.54 bits per heavy atom. The van der Waals surface area contributed by atoms with E-state index in [1.807, 2.05) is 0 Å². The molecule has 0 aliphatic rings. The van der Waals surface area contributed by atoms with Gasteiger partial charge in [0.1, 0.15) is 5.38 Å². The van der Waals surface area contributed by atoms with E-state index in [0.717, 1.165) is 19.4 Å². The number of hydrogen-bond acceptors (Lipinski definition) is 2. The van der Waals surface area contributed by atoms with Crippen LogP contribution in [0.5, 0.6) is 0 Å². The van der Waals surface area contributed by atoms with Crippen molar-refractivity contribution in [2.24, 2.45) is 0 Å². The summed E-state index contributed by atoms with van der Waals surface area (Å²) in [5.74, 6) is -0.114. The van der Waals surface area contributed by atoms with Gasteiger partial charge in [0.25, 0.3) is 0 Å². The molecule has 0 bridgehead atoms. The highest BCUT2D eigenvalue weighted by Gasteiger charge is 2.06. The molecule has 1 N–H and O–H groups in total. The lowest BCUT2D eigenvalue weighted by Crippen LogP contribution is -2.30. The van der Waals surface area contributed by atoms with Gasteiger partial charge in [0.2, 0.25) is 5.91 Å². The number of ether oxygens (including phenoxy) is 1. The van der Waals surface area contributed by atoms with Crippen LogP contribution in [-0.4, -0.2) is 31.0 Å². The quantitative estimate of drug-likeness (QED) is 0.508. The molecule has 0 rings (SSSR count). The first-order valence-electron chi connectivity index (χ1n) is 4.68. The van der Waals surface area contributed by atoms with Crippen LogP contribution in [0.3, 0.4) is 0 Å². The maximum absolute atomic E-state index is 10.9. The zero-order valence-electron chi connectivity index (χ0n) is 8.31. The summed E-state index contributed by atoms with van der Waals surface area (Å²) in [6.45, 7) is 5.85.